The number of nitrogens with one attached hydrogen (secondary N) is 3. The lowest BCUT2D eigenvalue weighted by Gasteiger charge is -2.14. The topological polar surface area (TPSA) is 129 Å². The lowest BCUT2D eigenvalue weighted by molar-refractivity contribution is 0.380. The van der Waals surface area contributed by atoms with Crippen LogP contribution in [-0.4, -0.2) is 43.9 Å². The molecule has 0 saturated carbocycles. The highest BCUT2D eigenvalue weighted by atomic mass is 19.1. The van der Waals surface area contributed by atoms with Gasteiger partial charge in [-0.2, -0.15) is 10.4 Å². The van der Waals surface area contributed by atoms with Gasteiger partial charge in [-0.1, -0.05) is 0 Å². The number of rotatable bonds is 4. The summed E-state index contributed by atoms with van der Waals surface area (Å²) in [5, 5.41) is 22.0. The molecule has 5 aromatic rings. The van der Waals surface area contributed by atoms with E-state index < -0.39 is 0 Å². The fourth-order valence-electron chi connectivity index (χ4n) is 4.53. The highest BCUT2D eigenvalue weighted by molar-refractivity contribution is 6.15. The fourth-order valence-corrected chi connectivity index (χ4v) is 4.53. The summed E-state index contributed by atoms with van der Waals surface area (Å²) in [5.74, 6) is -0.382. The Balaban J connectivity index is 1.76. The van der Waals surface area contributed by atoms with E-state index in [1.807, 2.05) is 0 Å². The molecule has 0 saturated heterocycles. The number of ether oxygens (including phenoxy) is 1. The molecule has 5 heterocycles. The number of fused-ring (bicyclic) bond motifs is 4. The second-order valence-corrected chi connectivity index (χ2v) is 7.85. The number of aromatic amines is 1. The lowest BCUT2D eigenvalue weighted by atomic mass is 10.0. The van der Waals surface area contributed by atoms with Crippen molar-refractivity contribution in [1.29, 1.82) is 5.26 Å². The fraction of sp³-hybridized carbons (Fsp3) is 0.174. The molecule has 10 nitrogen and oxygen atoms in total. The molecule has 0 radical (unpaired) electrons. The van der Waals surface area contributed by atoms with E-state index in [1.165, 1.54) is 19.2 Å². The Kier molecular flexibility index (Phi) is 4.43. The molecule has 0 unspecified atom stereocenters. The van der Waals surface area contributed by atoms with Gasteiger partial charge < -0.3 is 20.4 Å². The van der Waals surface area contributed by atoms with Crippen molar-refractivity contribution in [3.8, 4) is 28.9 Å². The molecule has 11 heteroatoms. The molecule has 0 bridgehead atoms. The van der Waals surface area contributed by atoms with E-state index >= 15 is 0 Å². The first-order valence-corrected chi connectivity index (χ1v) is 10.5. The van der Waals surface area contributed by atoms with Crippen molar-refractivity contribution in [2.24, 2.45) is 0 Å². The van der Waals surface area contributed by atoms with Crippen LogP contribution in [0, 0.1) is 17.1 Å². The third kappa shape index (κ3) is 2.82. The lowest BCUT2D eigenvalue weighted by Crippen LogP contribution is -2.10. The van der Waals surface area contributed by atoms with Gasteiger partial charge in [-0.3, -0.25) is 0 Å². The molecule has 0 fully saturated rings. The van der Waals surface area contributed by atoms with E-state index in [0.29, 0.717) is 57.7 Å². The number of hydrogen-bond donors (Lipinski definition) is 3. The minimum atomic E-state index is -0.382. The first kappa shape index (κ1) is 20.1. The molecule has 0 aliphatic carbocycles. The summed E-state index contributed by atoms with van der Waals surface area (Å²) in [7, 11) is 3.23. The number of aromatic nitrogens is 6. The van der Waals surface area contributed by atoms with E-state index in [0.717, 1.165) is 16.8 Å². The molecule has 1 aliphatic heterocycles. The van der Waals surface area contributed by atoms with Crippen LogP contribution in [0.5, 0.6) is 6.01 Å². The average Bonchev–Trinajstić information content (AvgIpc) is 3.57. The van der Waals surface area contributed by atoms with E-state index in [4.69, 9.17) is 4.74 Å². The van der Waals surface area contributed by atoms with Crippen LogP contribution in [0.4, 0.5) is 10.1 Å². The molecule has 0 spiro atoms. The highest BCUT2D eigenvalue weighted by Crippen LogP contribution is 2.40. The van der Waals surface area contributed by atoms with Crippen molar-refractivity contribution < 1.29 is 9.13 Å². The van der Waals surface area contributed by atoms with Crippen LogP contribution in [0.25, 0.3) is 38.8 Å². The Morgan fingerprint density at radius 2 is 2.00 bits per heavy atom. The van der Waals surface area contributed by atoms with Crippen molar-refractivity contribution in [2.45, 2.75) is 13.1 Å². The van der Waals surface area contributed by atoms with E-state index in [-0.39, 0.29) is 11.8 Å². The van der Waals surface area contributed by atoms with Crippen LogP contribution >= 0.6 is 0 Å². The SMILES string of the molecule is CNc1cc(F)cc2c1[nH]c1ncc(-c3cnc(OC)nc3)c(-n3nc(C#N)c4c3CNC4)c12. The Bertz CT molecular complexity index is 1630. The van der Waals surface area contributed by atoms with Crippen LogP contribution in [0.2, 0.25) is 0 Å². The predicted octanol–water partition coefficient (Wildman–Crippen LogP) is 3.02. The van der Waals surface area contributed by atoms with E-state index in [9.17, 15) is 9.65 Å². The maximum Gasteiger partial charge on any atom is 0.316 e. The van der Waals surface area contributed by atoms with Crippen LogP contribution in [-0.2, 0) is 13.1 Å². The van der Waals surface area contributed by atoms with Crippen molar-refractivity contribution in [2.75, 3.05) is 19.5 Å². The standard InChI is InChI=1S/C23H18FN9O/c1-26-16-4-12(24)3-13-19-21(33-18-10-27-8-15(18)17(5-25)32-33)14(9-28-22(19)31-20(13)16)11-6-29-23(34-2)30-7-11/h3-4,6-7,9,26-27H,8,10H2,1-2H3,(H,28,31). The van der Waals surface area contributed by atoms with Gasteiger partial charge in [0.2, 0.25) is 0 Å². The minimum absolute atomic E-state index is 0.239. The average molecular weight is 455 g/mol. The zero-order valence-corrected chi connectivity index (χ0v) is 18.3. The van der Waals surface area contributed by atoms with Gasteiger partial charge in [0, 0.05) is 60.8 Å². The molecular formula is C23H18FN9O. The number of nitrogens with zero attached hydrogens (tertiary/aromatic N) is 6. The maximum absolute atomic E-state index is 14.6. The Labute approximate surface area is 192 Å². The largest absolute Gasteiger partial charge is 0.467 e. The molecule has 34 heavy (non-hydrogen) atoms. The molecule has 1 aliphatic rings. The third-order valence-corrected chi connectivity index (χ3v) is 6.06. The Morgan fingerprint density at radius 1 is 1.18 bits per heavy atom. The van der Waals surface area contributed by atoms with Crippen molar-refractivity contribution >= 4 is 27.6 Å². The van der Waals surface area contributed by atoms with Gasteiger partial charge >= 0.3 is 6.01 Å². The molecule has 4 aromatic heterocycles. The Morgan fingerprint density at radius 3 is 2.74 bits per heavy atom. The molecular weight excluding hydrogens is 437 g/mol. The highest BCUT2D eigenvalue weighted by Gasteiger charge is 2.27. The van der Waals surface area contributed by atoms with Gasteiger partial charge in [0.15, 0.2) is 5.69 Å². The van der Waals surface area contributed by atoms with Crippen LogP contribution in [0.1, 0.15) is 17.0 Å². The van der Waals surface area contributed by atoms with Crippen LogP contribution in [0.15, 0.2) is 30.7 Å². The van der Waals surface area contributed by atoms with Crippen LogP contribution < -0.4 is 15.4 Å². The molecule has 3 N–H and O–H groups in total. The summed E-state index contributed by atoms with van der Waals surface area (Å²) in [4.78, 5) is 16.4. The second-order valence-electron chi connectivity index (χ2n) is 7.85. The predicted molar refractivity (Wildman–Crippen MR) is 123 cm³/mol. The molecule has 168 valence electrons. The maximum atomic E-state index is 14.6. The van der Waals surface area contributed by atoms with E-state index in [2.05, 4.69) is 41.7 Å². The zero-order valence-electron chi connectivity index (χ0n) is 18.3. The number of nitriles is 1. The minimum Gasteiger partial charge on any atom is -0.467 e. The molecule has 1 aromatic carbocycles. The first-order valence-electron chi connectivity index (χ1n) is 10.5. The van der Waals surface area contributed by atoms with E-state index in [1.54, 1.807) is 30.3 Å². The summed E-state index contributed by atoms with van der Waals surface area (Å²) in [6.07, 6.45) is 4.98. The second kappa shape index (κ2) is 7.50. The van der Waals surface area contributed by atoms with Gasteiger partial charge in [-0.05, 0) is 12.1 Å². The summed E-state index contributed by atoms with van der Waals surface area (Å²) < 4.78 is 21.5. The number of pyridine rings is 1. The number of halogens is 1. The number of benzene rings is 1. The first-order chi connectivity index (χ1) is 16.6. The normalized spacial score (nSPS) is 12.8. The summed E-state index contributed by atoms with van der Waals surface area (Å²) in [6.45, 7) is 1.10. The molecule has 0 atom stereocenters. The van der Waals surface area contributed by atoms with Gasteiger partial charge in [0.05, 0.1) is 35.1 Å². The molecule has 0 amide bonds. The summed E-state index contributed by atoms with van der Waals surface area (Å²) in [6, 6.07) is 5.33. The van der Waals surface area contributed by atoms with Gasteiger partial charge in [0.1, 0.15) is 17.5 Å². The number of anilines is 1. The monoisotopic (exact) mass is 455 g/mol. The third-order valence-electron chi connectivity index (χ3n) is 6.06. The summed E-state index contributed by atoms with van der Waals surface area (Å²) in [5.41, 5.74) is 6.01. The quantitative estimate of drug-likeness (QED) is 0.377. The van der Waals surface area contributed by atoms with Crippen molar-refractivity contribution in [1.82, 2.24) is 35.0 Å². The number of H-pyrrole nitrogens is 1. The zero-order chi connectivity index (χ0) is 23.4. The van der Waals surface area contributed by atoms with Gasteiger partial charge in [-0.25, -0.2) is 24.0 Å². The Hall–Kier alpha value is -4.56. The number of methoxy groups -OCH3 is 1. The molecule has 6 rings (SSSR count). The number of hydrogen-bond acceptors (Lipinski definition) is 8. The summed E-state index contributed by atoms with van der Waals surface area (Å²) >= 11 is 0. The van der Waals surface area contributed by atoms with Crippen molar-refractivity contribution in [3.63, 3.8) is 0 Å². The van der Waals surface area contributed by atoms with Crippen LogP contribution in [0.3, 0.4) is 0 Å². The van der Waals surface area contributed by atoms with Crippen molar-refractivity contribution in [3.05, 3.63) is 53.5 Å². The van der Waals surface area contributed by atoms with Gasteiger partial charge in [-0.15, -0.1) is 0 Å². The smallest absolute Gasteiger partial charge is 0.316 e. The van der Waals surface area contributed by atoms with Gasteiger partial charge in [0.25, 0.3) is 0 Å².